The average molecular weight is 210 g/mol. The van der Waals surface area contributed by atoms with Gasteiger partial charge in [0.15, 0.2) is 5.82 Å². The molecule has 0 aromatic carbocycles. The van der Waals surface area contributed by atoms with E-state index in [1.807, 2.05) is 0 Å². The minimum Gasteiger partial charge on any atom is -0.388 e. The first-order valence-electron chi connectivity index (χ1n) is 5.44. The Morgan fingerprint density at radius 1 is 1.40 bits per heavy atom. The van der Waals surface area contributed by atoms with E-state index >= 15 is 0 Å². The van der Waals surface area contributed by atoms with Crippen LogP contribution in [0, 0.1) is 11.3 Å². The van der Waals surface area contributed by atoms with Gasteiger partial charge in [-0.05, 0) is 24.2 Å². The topological polar surface area (TPSA) is 59.2 Å². The molecule has 1 aliphatic carbocycles. The Morgan fingerprint density at radius 3 is 2.53 bits per heavy atom. The molecule has 0 atom stereocenters. The maximum Gasteiger partial charge on any atom is 0.229 e. The molecule has 0 saturated heterocycles. The summed E-state index contributed by atoms with van der Waals surface area (Å²) in [6.45, 7) is 6.65. The van der Waals surface area contributed by atoms with Crippen LogP contribution in [-0.2, 0) is 6.61 Å². The summed E-state index contributed by atoms with van der Waals surface area (Å²) in [5, 5.41) is 12.5. The van der Waals surface area contributed by atoms with Gasteiger partial charge < -0.3 is 9.63 Å². The molecule has 1 aromatic rings. The zero-order valence-corrected chi connectivity index (χ0v) is 9.53. The maximum absolute atomic E-state index is 8.82. The van der Waals surface area contributed by atoms with Gasteiger partial charge in [0.25, 0.3) is 0 Å². The molecule has 4 heteroatoms. The third-order valence-electron chi connectivity index (χ3n) is 3.34. The lowest BCUT2D eigenvalue weighted by atomic mass is 9.63. The third kappa shape index (κ3) is 2.04. The summed E-state index contributed by atoms with van der Waals surface area (Å²) in [5.41, 5.74) is 0.371. The van der Waals surface area contributed by atoms with E-state index in [1.165, 1.54) is 0 Å². The van der Waals surface area contributed by atoms with Gasteiger partial charge in [0, 0.05) is 5.92 Å². The Labute approximate surface area is 89.7 Å². The summed E-state index contributed by atoms with van der Waals surface area (Å²) in [5.74, 6) is 2.23. The molecule has 1 aliphatic rings. The molecule has 84 valence electrons. The van der Waals surface area contributed by atoms with E-state index in [2.05, 4.69) is 30.9 Å². The van der Waals surface area contributed by atoms with E-state index in [4.69, 9.17) is 9.63 Å². The van der Waals surface area contributed by atoms with Gasteiger partial charge in [0.05, 0.1) is 0 Å². The highest BCUT2D eigenvalue weighted by Crippen LogP contribution is 2.49. The van der Waals surface area contributed by atoms with Gasteiger partial charge in [-0.1, -0.05) is 25.9 Å². The number of nitrogens with zero attached hydrogens (tertiary/aromatic N) is 2. The molecule has 0 unspecified atom stereocenters. The quantitative estimate of drug-likeness (QED) is 0.812. The molecule has 4 nitrogen and oxygen atoms in total. The van der Waals surface area contributed by atoms with Gasteiger partial charge in [0.1, 0.15) is 6.61 Å². The van der Waals surface area contributed by atoms with Gasteiger partial charge in [-0.2, -0.15) is 4.98 Å². The van der Waals surface area contributed by atoms with Crippen molar-refractivity contribution < 1.29 is 9.63 Å². The Kier molecular flexibility index (Phi) is 2.54. The maximum atomic E-state index is 8.82. The minimum atomic E-state index is -0.140. The molecule has 0 aliphatic heterocycles. The van der Waals surface area contributed by atoms with Gasteiger partial charge in [0.2, 0.25) is 5.89 Å². The number of rotatable bonds is 2. The van der Waals surface area contributed by atoms with Gasteiger partial charge in [-0.3, -0.25) is 0 Å². The summed E-state index contributed by atoms with van der Waals surface area (Å²) in [6.07, 6.45) is 2.24. The van der Waals surface area contributed by atoms with Crippen LogP contribution < -0.4 is 0 Å². The zero-order valence-electron chi connectivity index (χ0n) is 9.53. The zero-order chi connectivity index (χ0) is 11.1. The van der Waals surface area contributed by atoms with Crippen molar-refractivity contribution in [3.8, 4) is 0 Å². The van der Waals surface area contributed by atoms with Crippen LogP contribution in [0.15, 0.2) is 4.52 Å². The number of aromatic nitrogens is 2. The lowest BCUT2D eigenvalue weighted by Gasteiger charge is -2.42. The Bertz CT molecular complexity index is 335. The first-order valence-corrected chi connectivity index (χ1v) is 5.44. The highest BCUT2D eigenvalue weighted by atomic mass is 16.5. The highest BCUT2D eigenvalue weighted by molar-refractivity contribution is 5.03. The van der Waals surface area contributed by atoms with Crippen molar-refractivity contribution >= 4 is 0 Å². The van der Waals surface area contributed by atoms with Crippen LogP contribution in [0.4, 0.5) is 0 Å². The van der Waals surface area contributed by atoms with E-state index in [0.29, 0.717) is 23.0 Å². The SMILES string of the molecule is CC(C)(C)C1CC(c2nc(CO)no2)C1. The van der Waals surface area contributed by atoms with Crippen molar-refractivity contribution in [2.75, 3.05) is 0 Å². The second kappa shape index (κ2) is 3.59. The number of aliphatic hydroxyl groups is 1. The fourth-order valence-corrected chi connectivity index (χ4v) is 2.02. The highest BCUT2D eigenvalue weighted by Gasteiger charge is 2.40. The Hall–Kier alpha value is -0.900. The van der Waals surface area contributed by atoms with Crippen molar-refractivity contribution in [2.45, 2.75) is 46.1 Å². The number of hydrogen-bond acceptors (Lipinski definition) is 4. The molecule has 0 bridgehead atoms. The molecule has 1 N–H and O–H groups in total. The minimum absolute atomic E-state index is 0.140. The van der Waals surface area contributed by atoms with Crippen LogP contribution in [-0.4, -0.2) is 15.2 Å². The smallest absolute Gasteiger partial charge is 0.229 e. The van der Waals surface area contributed by atoms with E-state index in [9.17, 15) is 0 Å². The van der Waals surface area contributed by atoms with Crippen LogP contribution >= 0.6 is 0 Å². The first-order chi connectivity index (χ1) is 7.00. The molecule has 1 saturated carbocycles. The van der Waals surface area contributed by atoms with Crippen LogP contribution in [0.1, 0.15) is 51.2 Å². The number of aliphatic hydroxyl groups excluding tert-OH is 1. The molecule has 2 rings (SSSR count). The second-order valence-corrected chi connectivity index (χ2v) is 5.44. The summed E-state index contributed by atoms with van der Waals surface area (Å²) in [6, 6.07) is 0. The van der Waals surface area contributed by atoms with Crippen molar-refractivity contribution in [3.63, 3.8) is 0 Å². The van der Waals surface area contributed by atoms with Crippen LogP contribution in [0.25, 0.3) is 0 Å². The van der Waals surface area contributed by atoms with E-state index in [0.717, 1.165) is 18.8 Å². The van der Waals surface area contributed by atoms with Gasteiger partial charge >= 0.3 is 0 Å². The van der Waals surface area contributed by atoms with Crippen molar-refractivity contribution in [2.24, 2.45) is 11.3 Å². The monoisotopic (exact) mass is 210 g/mol. The molecule has 0 spiro atoms. The fourth-order valence-electron chi connectivity index (χ4n) is 2.02. The van der Waals surface area contributed by atoms with Crippen LogP contribution in [0.5, 0.6) is 0 Å². The fraction of sp³-hybridized carbons (Fsp3) is 0.818. The largest absolute Gasteiger partial charge is 0.388 e. The second-order valence-electron chi connectivity index (χ2n) is 5.44. The molecular formula is C11H18N2O2. The Morgan fingerprint density at radius 2 is 2.07 bits per heavy atom. The van der Waals surface area contributed by atoms with Crippen molar-refractivity contribution in [1.82, 2.24) is 10.1 Å². The number of hydrogen-bond donors (Lipinski definition) is 1. The first kappa shape index (κ1) is 10.6. The van der Waals surface area contributed by atoms with Gasteiger partial charge in [-0.15, -0.1) is 0 Å². The molecule has 1 heterocycles. The molecule has 1 fully saturated rings. The Balaban J connectivity index is 1.94. The van der Waals surface area contributed by atoms with E-state index in [-0.39, 0.29) is 6.61 Å². The molecule has 0 amide bonds. The van der Waals surface area contributed by atoms with Crippen LogP contribution in [0.2, 0.25) is 0 Å². The molecule has 0 radical (unpaired) electrons. The van der Waals surface area contributed by atoms with Gasteiger partial charge in [-0.25, -0.2) is 0 Å². The summed E-state index contributed by atoms with van der Waals surface area (Å²) >= 11 is 0. The summed E-state index contributed by atoms with van der Waals surface area (Å²) < 4.78 is 5.10. The predicted octanol–water partition coefficient (Wildman–Crippen LogP) is 2.10. The molecule has 15 heavy (non-hydrogen) atoms. The lowest BCUT2D eigenvalue weighted by molar-refractivity contribution is 0.0982. The molecular weight excluding hydrogens is 192 g/mol. The van der Waals surface area contributed by atoms with E-state index in [1.54, 1.807) is 0 Å². The van der Waals surface area contributed by atoms with Crippen LogP contribution in [0.3, 0.4) is 0 Å². The predicted molar refractivity (Wildman–Crippen MR) is 55.1 cm³/mol. The summed E-state index contributed by atoms with van der Waals surface area (Å²) in [4.78, 5) is 4.14. The van der Waals surface area contributed by atoms with Crippen molar-refractivity contribution in [3.05, 3.63) is 11.7 Å². The standard InChI is InChI=1S/C11H18N2O2/c1-11(2,3)8-4-7(5-8)10-12-9(6-14)13-15-10/h7-8,14H,4-6H2,1-3H3. The van der Waals surface area contributed by atoms with Crippen molar-refractivity contribution in [1.29, 1.82) is 0 Å². The lowest BCUT2D eigenvalue weighted by Crippen LogP contribution is -2.32. The van der Waals surface area contributed by atoms with E-state index < -0.39 is 0 Å². The average Bonchev–Trinajstić information content (AvgIpc) is 2.47. The third-order valence-corrected chi connectivity index (χ3v) is 3.34. The molecule has 1 aromatic heterocycles. The summed E-state index contributed by atoms with van der Waals surface area (Å²) in [7, 11) is 0. The normalized spacial score (nSPS) is 26.4.